The Balaban J connectivity index is 2.27. The van der Waals surface area contributed by atoms with Crippen LogP contribution in [0, 0.1) is 0 Å². The summed E-state index contributed by atoms with van der Waals surface area (Å²) in [6, 6.07) is 2.08. The Labute approximate surface area is 103 Å². The molecule has 1 aromatic rings. The van der Waals surface area contributed by atoms with E-state index >= 15 is 0 Å². The Kier molecular flexibility index (Phi) is 6.39. The van der Waals surface area contributed by atoms with Crippen LogP contribution in [0.3, 0.4) is 0 Å². The van der Waals surface area contributed by atoms with Crippen molar-refractivity contribution in [3.8, 4) is 0 Å². The van der Waals surface area contributed by atoms with E-state index in [-0.39, 0.29) is 5.78 Å². The van der Waals surface area contributed by atoms with Gasteiger partial charge in [0.1, 0.15) is 0 Å². The van der Waals surface area contributed by atoms with Gasteiger partial charge in [0.25, 0.3) is 0 Å². The number of unbranched alkanes of at least 4 members (excludes halogenated alkanes) is 4. The maximum Gasteiger partial charge on any atom is 0.172 e. The molecule has 0 aromatic carbocycles. The average Bonchev–Trinajstić information content (AvgIpc) is 2.76. The van der Waals surface area contributed by atoms with Gasteiger partial charge in [0, 0.05) is 6.42 Å². The van der Waals surface area contributed by atoms with Crippen LogP contribution in [0.25, 0.3) is 0 Å². The van der Waals surface area contributed by atoms with E-state index in [0.717, 1.165) is 11.3 Å². The molecule has 0 aliphatic rings. The molecule has 1 heterocycles. The number of rotatable bonds is 8. The summed E-state index contributed by atoms with van der Waals surface area (Å²) in [7, 11) is 0. The van der Waals surface area contributed by atoms with Gasteiger partial charge in [0.2, 0.25) is 0 Å². The van der Waals surface area contributed by atoms with Crippen LogP contribution >= 0.6 is 11.3 Å². The van der Waals surface area contributed by atoms with Crippen molar-refractivity contribution in [2.45, 2.75) is 58.8 Å². The van der Waals surface area contributed by atoms with Gasteiger partial charge in [-0.3, -0.25) is 4.79 Å². The predicted molar refractivity (Wildman–Crippen MR) is 71.4 cm³/mol. The van der Waals surface area contributed by atoms with Gasteiger partial charge in [-0.2, -0.15) is 0 Å². The first-order chi connectivity index (χ1) is 7.77. The van der Waals surface area contributed by atoms with Crippen molar-refractivity contribution >= 4 is 17.1 Å². The number of thiophene rings is 1. The quantitative estimate of drug-likeness (QED) is 0.467. The van der Waals surface area contributed by atoms with Crippen molar-refractivity contribution in [2.24, 2.45) is 0 Å². The van der Waals surface area contributed by atoms with Crippen molar-refractivity contribution in [1.29, 1.82) is 0 Å². The van der Waals surface area contributed by atoms with E-state index in [9.17, 15) is 4.79 Å². The largest absolute Gasteiger partial charge is 0.293 e. The number of Topliss-reactive ketones (excluding diaryl/α,β-unsaturated/α-hetero) is 1. The maximum absolute atomic E-state index is 11.5. The zero-order chi connectivity index (χ0) is 11.8. The maximum atomic E-state index is 11.5. The molecule has 90 valence electrons. The number of hydrogen-bond acceptors (Lipinski definition) is 2. The molecule has 0 bridgehead atoms. The number of carbonyl (C=O) groups excluding carboxylic acids is 1. The van der Waals surface area contributed by atoms with Crippen LogP contribution in [0.15, 0.2) is 11.4 Å². The summed E-state index contributed by atoms with van der Waals surface area (Å²) >= 11 is 1.60. The Hall–Kier alpha value is -0.630. The molecule has 0 aliphatic heterocycles. The Morgan fingerprint density at radius 3 is 2.62 bits per heavy atom. The number of aryl methyl sites for hydroxylation is 1. The van der Waals surface area contributed by atoms with Crippen molar-refractivity contribution in [3.63, 3.8) is 0 Å². The van der Waals surface area contributed by atoms with Gasteiger partial charge in [-0.05, 0) is 29.9 Å². The highest BCUT2D eigenvalue weighted by atomic mass is 32.1. The lowest BCUT2D eigenvalue weighted by Gasteiger charge is -1.98. The summed E-state index contributed by atoms with van der Waals surface area (Å²) in [4.78, 5) is 12.4. The Bertz CT molecular complexity index is 314. The second kappa shape index (κ2) is 7.61. The smallest absolute Gasteiger partial charge is 0.172 e. The Morgan fingerprint density at radius 2 is 1.94 bits per heavy atom. The summed E-state index contributed by atoms with van der Waals surface area (Å²) in [5, 5.41) is 2.14. The lowest BCUT2D eigenvalue weighted by atomic mass is 10.1. The molecule has 0 atom stereocenters. The van der Waals surface area contributed by atoms with Gasteiger partial charge >= 0.3 is 0 Å². The SMILES string of the molecule is CCCCCCCc1csc(C(=O)CC)c1. The summed E-state index contributed by atoms with van der Waals surface area (Å²) in [6.07, 6.45) is 8.34. The summed E-state index contributed by atoms with van der Waals surface area (Å²) in [5.74, 6) is 0.280. The van der Waals surface area contributed by atoms with E-state index in [1.807, 2.05) is 6.92 Å². The molecule has 0 radical (unpaired) electrons. The molecule has 16 heavy (non-hydrogen) atoms. The van der Waals surface area contributed by atoms with Crippen LogP contribution in [-0.2, 0) is 6.42 Å². The standard InChI is InChI=1S/C14H22OS/c1-3-5-6-7-8-9-12-10-14(16-11-12)13(15)4-2/h10-11H,3-9H2,1-2H3. The van der Waals surface area contributed by atoms with Crippen LogP contribution in [0.2, 0.25) is 0 Å². The van der Waals surface area contributed by atoms with E-state index in [1.165, 1.54) is 37.7 Å². The second-order valence-corrected chi connectivity index (χ2v) is 5.17. The zero-order valence-corrected chi connectivity index (χ0v) is 11.2. The molecule has 1 aromatic heterocycles. The lowest BCUT2D eigenvalue weighted by Crippen LogP contribution is -1.91. The van der Waals surface area contributed by atoms with Crippen molar-refractivity contribution in [1.82, 2.24) is 0 Å². The molecule has 0 amide bonds. The third-order valence-electron chi connectivity index (χ3n) is 2.82. The highest BCUT2D eigenvalue weighted by Crippen LogP contribution is 2.18. The van der Waals surface area contributed by atoms with E-state index < -0.39 is 0 Å². The molecule has 2 heteroatoms. The van der Waals surface area contributed by atoms with Crippen LogP contribution in [-0.4, -0.2) is 5.78 Å². The normalized spacial score (nSPS) is 10.6. The number of carbonyl (C=O) groups is 1. The van der Waals surface area contributed by atoms with Crippen LogP contribution in [0.4, 0.5) is 0 Å². The zero-order valence-electron chi connectivity index (χ0n) is 10.4. The first-order valence-corrected chi connectivity index (χ1v) is 7.26. The van der Waals surface area contributed by atoms with Gasteiger partial charge in [-0.25, -0.2) is 0 Å². The first kappa shape index (κ1) is 13.4. The molecule has 1 nitrogen and oxygen atoms in total. The first-order valence-electron chi connectivity index (χ1n) is 6.38. The summed E-state index contributed by atoms with van der Waals surface area (Å²) in [6.45, 7) is 4.16. The number of ketones is 1. The molecule has 0 aliphatic carbocycles. The highest BCUT2D eigenvalue weighted by molar-refractivity contribution is 7.12. The fourth-order valence-corrected chi connectivity index (χ4v) is 2.72. The fourth-order valence-electron chi connectivity index (χ4n) is 1.76. The van der Waals surface area contributed by atoms with E-state index in [0.29, 0.717) is 6.42 Å². The molecule has 0 spiro atoms. The molecule has 1 rings (SSSR count). The van der Waals surface area contributed by atoms with Gasteiger partial charge < -0.3 is 0 Å². The van der Waals surface area contributed by atoms with Crippen molar-refractivity contribution in [2.75, 3.05) is 0 Å². The minimum absolute atomic E-state index is 0.280. The van der Waals surface area contributed by atoms with Gasteiger partial charge in [-0.1, -0.05) is 39.5 Å². The Morgan fingerprint density at radius 1 is 1.19 bits per heavy atom. The average molecular weight is 238 g/mol. The molecule has 0 N–H and O–H groups in total. The fraction of sp³-hybridized carbons (Fsp3) is 0.643. The lowest BCUT2D eigenvalue weighted by molar-refractivity contribution is 0.0992. The van der Waals surface area contributed by atoms with Gasteiger partial charge in [0.15, 0.2) is 5.78 Å². The van der Waals surface area contributed by atoms with Crippen LogP contribution in [0.5, 0.6) is 0 Å². The molecule has 0 unspecified atom stereocenters. The van der Waals surface area contributed by atoms with Crippen LogP contribution in [0.1, 0.15) is 67.6 Å². The van der Waals surface area contributed by atoms with Crippen LogP contribution < -0.4 is 0 Å². The third-order valence-corrected chi connectivity index (χ3v) is 3.84. The summed E-state index contributed by atoms with van der Waals surface area (Å²) < 4.78 is 0. The monoisotopic (exact) mass is 238 g/mol. The summed E-state index contributed by atoms with van der Waals surface area (Å²) in [5.41, 5.74) is 1.35. The minimum Gasteiger partial charge on any atom is -0.293 e. The van der Waals surface area contributed by atoms with Crippen molar-refractivity contribution in [3.05, 3.63) is 21.9 Å². The van der Waals surface area contributed by atoms with E-state index in [4.69, 9.17) is 0 Å². The van der Waals surface area contributed by atoms with Crippen molar-refractivity contribution < 1.29 is 4.79 Å². The molecule has 0 saturated carbocycles. The van der Waals surface area contributed by atoms with E-state index in [1.54, 1.807) is 11.3 Å². The third kappa shape index (κ3) is 4.48. The number of hydrogen-bond donors (Lipinski definition) is 0. The molecule has 0 saturated heterocycles. The van der Waals surface area contributed by atoms with E-state index in [2.05, 4.69) is 18.4 Å². The topological polar surface area (TPSA) is 17.1 Å². The molecular weight excluding hydrogens is 216 g/mol. The minimum atomic E-state index is 0.280. The van der Waals surface area contributed by atoms with Gasteiger partial charge in [0.05, 0.1) is 4.88 Å². The second-order valence-electron chi connectivity index (χ2n) is 4.26. The highest BCUT2D eigenvalue weighted by Gasteiger charge is 2.06. The predicted octanol–water partition coefficient (Wildman–Crippen LogP) is 4.85. The molecule has 0 fully saturated rings. The molecular formula is C14H22OS. The van der Waals surface area contributed by atoms with Gasteiger partial charge in [-0.15, -0.1) is 11.3 Å².